The molecular formula is C26H40O5. The first kappa shape index (κ1) is 25.6. The van der Waals surface area contributed by atoms with E-state index in [0.717, 1.165) is 19.3 Å². The van der Waals surface area contributed by atoms with Crippen LogP contribution in [0.3, 0.4) is 0 Å². The lowest BCUT2D eigenvalue weighted by Crippen LogP contribution is -2.23. The molecule has 0 saturated heterocycles. The lowest BCUT2D eigenvalue weighted by atomic mass is 9.85. The third-order valence-electron chi connectivity index (χ3n) is 6.16. The van der Waals surface area contributed by atoms with Gasteiger partial charge in [0.15, 0.2) is 0 Å². The molecule has 3 unspecified atom stereocenters. The summed E-state index contributed by atoms with van der Waals surface area (Å²) in [7, 11) is 0. The van der Waals surface area contributed by atoms with Gasteiger partial charge in [0.1, 0.15) is 0 Å². The molecule has 1 aliphatic rings. The van der Waals surface area contributed by atoms with Gasteiger partial charge < -0.3 is 20.1 Å². The number of unbranched alkanes of at least 4 members (excludes halogenated alkanes) is 1. The number of aliphatic hydroxyl groups excluding tert-OH is 3. The molecule has 31 heavy (non-hydrogen) atoms. The van der Waals surface area contributed by atoms with Crippen LogP contribution in [0, 0.1) is 11.8 Å². The Hall–Kier alpha value is -1.69. The minimum absolute atomic E-state index is 0.00652. The highest BCUT2D eigenvalue weighted by atomic mass is 16.5. The van der Waals surface area contributed by atoms with Crippen molar-refractivity contribution >= 4 is 5.97 Å². The highest BCUT2D eigenvalue weighted by Crippen LogP contribution is 2.38. The van der Waals surface area contributed by atoms with E-state index in [1.165, 1.54) is 5.56 Å². The van der Waals surface area contributed by atoms with Crippen molar-refractivity contribution in [1.82, 2.24) is 0 Å². The maximum atomic E-state index is 11.5. The van der Waals surface area contributed by atoms with Gasteiger partial charge in [-0.3, -0.25) is 4.79 Å². The normalized spacial score (nSPS) is 24.7. The zero-order valence-corrected chi connectivity index (χ0v) is 19.0. The highest BCUT2D eigenvalue weighted by molar-refractivity contribution is 5.69. The molecule has 1 fully saturated rings. The average Bonchev–Trinajstić information content (AvgIpc) is 3.00. The minimum Gasteiger partial charge on any atom is -0.463 e. The van der Waals surface area contributed by atoms with Crippen LogP contribution in [0.5, 0.6) is 0 Å². The number of esters is 1. The molecule has 5 heteroatoms. The Labute approximate surface area is 187 Å². The fourth-order valence-corrected chi connectivity index (χ4v) is 4.47. The van der Waals surface area contributed by atoms with Crippen LogP contribution in [0.15, 0.2) is 42.5 Å². The Morgan fingerprint density at radius 1 is 1.10 bits per heavy atom. The Balaban J connectivity index is 1.70. The smallest absolute Gasteiger partial charge is 0.306 e. The molecule has 1 saturated carbocycles. The van der Waals surface area contributed by atoms with Gasteiger partial charge in [0, 0.05) is 6.42 Å². The summed E-state index contributed by atoms with van der Waals surface area (Å²) in [5.41, 5.74) is 1.22. The predicted molar refractivity (Wildman–Crippen MR) is 122 cm³/mol. The number of carbonyl (C=O) groups excluding carboxylic acids is 1. The van der Waals surface area contributed by atoms with Crippen molar-refractivity contribution in [3.05, 3.63) is 48.0 Å². The SMILES string of the molecule is CC(C)OC(=O)CCC/C=C\C[C@H]1C(O)CC(O)[C@@H]1CCC(O)CCc1ccccc1. The molecule has 0 bridgehead atoms. The second kappa shape index (κ2) is 13.7. The second-order valence-corrected chi connectivity index (χ2v) is 9.09. The summed E-state index contributed by atoms with van der Waals surface area (Å²) in [6.07, 6.45) is 8.58. The molecule has 0 amide bonds. The van der Waals surface area contributed by atoms with Crippen LogP contribution in [-0.4, -0.2) is 45.7 Å². The predicted octanol–water partition coefficient (Wildman–Crippen LogP) is 4.19. The van der Waals surface area contributed by atoms with Gasteiger partial charge in [-0.25, -0.2) is 0 Å². The molecule has 5 nitrogen and oxygen atoms in total. The summed E-state index contributed by atoms with van der Waals surface area (Å²) in [5.74, 6) is -0.144. The van der Waals surface area contributed by atoms with E-state index in [1.54, 1.807) is 0 Å². The van der Waals surface area contributed by atoms with Crippen molar-refractivity contribution in [2.45, 2.75) is 96.1 Å². The van der Waals surface area contributed by atoms with E-state index in [1.807, 2.05) is 38.1 Å². The molecule has 1 aromatic rings. The van der Waals surface area contributed by atoms with Crippen LogP contribution in [0.25, 0.3) is 0 Å². The van der Waals surface area contributed by atoms with Gasteiger partial charge in [-0.2, -0.15) is 0 Å². The summed E-state index contributed by atoms with van der Waals surface area (Å²) in [4.78, 5) is 11.5. The van der Waals surface area contributed by atoms with E-state index in [2.05, 4.69) is 18.2 Å². The Bertz CT molecular complexity index is 657. The number of allylic oxidation sites excluding steroid dienone is 2. The standard InChI is InChI=1S/C26H40O5/c1-19(2)31-26(30)13-9-4-3-8-12-22-23(25(29)18-24(22)28)17-16-21(27)15-14-20-10-6-5-7-11-20/h3,5-8,10-11,19,21-25,27-29H,4,9,12-18H2,1-2H3/b8-3-/t21?,22-,23-,24?,25?/m1/s1. The van der Waals surface area contributed by atoms with Crippen molar-refractivity contribution in [2.75, 3.05) is 0 Å². The first-order chi connectivity index (χ1) is 14.9. The quantitative estimate of drug-likeness (QED) is 0.247. The monoisotopic (exact) mass is 432 g/mol. The lowest BCUT2D eigenvalue weighted by molar-refractivity contribution is -0.147. The molecule has 0 spiro atoms. The van der Waals surface area contributed by atoms with Gasteiger partial charge in [-0.15, -0.1) is 0 Å². The number of hydrogen-bond acceptors (Lipinski definition) is 5. The van der Waals surface area contributed by atoms with Crippen molar-refractivity contribution in [3.8, 4) is 0 Å². The van der Waals surface area contributed by atoms with Crippen LogP contribution < -0.4 is 0 Å². The highest BCUT2D eigenvalue weighted by Gasteiger charge is 2.40. The number of carbonyl (C=O) groups is 1. The van der Waals surface area contributed by atoms with Crippen LogP contribution >= 0.6 is 0 Å². The molecular weight excluding hydrogens is 392 g/mol. The summed E-state index contributed by atoms with van der Waals surface area (Å²) >= 11 is 0. The Morgan fingerprint density at radius 3 is 2.52 bits per heavy atom. The molecule has 0 aliphatic heterocycles. The number of hydrogen-bond donors (Lipinski definition) is 3. The molecule has 0 aromatic heterocycles. The van der Waals surface area contributed by atoms with Crippen LogP contribution in [0.1, 0.15) is 70.8 Å². The fraction of sp³-hybridized carbons (Fsp3) is 0.654. The summed E-state index contributed by atoms with van der Waals surface area (Å²) in [6, 6.07) is 10.1. The number of ether oxygens (including phenoxy) is 1. The average molecular weight is 433 g/mol. The zero-order chi connectivity index (χ0) is 22.6. The molecule has 1 aliphatic carbocycles. The number of aliphatic hydroxyl groups is 3. The molecule has 0 heterocycles. The summed E-state index contributed by atoms with van der Waals surface area (Å²) < 4.78 is 5.12. The van der Waals surface area contributed by atoms with Gasteiger partial charge in [-0.1, -0.05) is 42.5 Å². The Kier molecular flexibility index (Phi) is 11.3. The molecule has 174 valence electrons. The maximum absolute atomic E-state index is 11.5. The third kappa shape index (κ3) is 9.55. The molecule has 3 N–H and O–H groups in total. The van der Waals surface area contributed by atoms with Gasteiger partial charge in [0.25, 0.3) is 0 Å². The molecule has 0 radical (unpaired) electrons. The van der Waals surface area contributed by atoms with E-state index in [9.17, 15) is 20.1 Å². The number of aryl methyl sites for hydroxylation is 1. The minimum atomic E-state index is -0.513. The molecule has 5 atom stereocenters. The van der Waals surface area contributed by atoms with E-state index in [0.29, 0.717) is 38.5 Å². The van der Waals surface area contributed by atoms with E-state index in [-0.39, 0.29) is 23.9 Å². The summed E-state index contributed by atoms with van der Waals surface area (Å²) in [5, 5.41) is 31.2. The third-order valence-corrected chi connectivity index (χ3v) is 6.16. The van der Waals surface area contributed by atoms with E-state index < -0.39 is 18.3 Å². The van der Waals surface area contributed by atoms with E-state index in [4.69, 9.17) is 4.74 Å². The van der Waals surface area contributed by atoms with E-state index >= 15 is 0 Å². The van der Waals surface area contributed by atoms with Crippen LogP contribution in [0.2, 0.25) is 0 Å². The van der Waals surface area contributed by atoms with Crippen molar-refractivity contribution in [1.29, 1.82) is 0 Å². The summed E-state index contributed by atoms with van der Waals surface area (Å²) in [6.45, 7) is 3.69. The zero-order valence-electron chi connectivity index (χ0n) is 19.0. The van der Waals surface area contributed by atoms with Crippen LogP contribution in [0.4, 0.5) is 0 Å². The van der Waals surface area contributed by atoms with Crippen LogP contribution in [-0.2, 0) is 16.0 Å². The van der Waals surface area contributed by atoms with Gasteiger partial charge >= 0.3 is 5.97 Å². The first-order valence-corrected chi connectivity index (χ1v) is 11.8. The molecule has 2 rings (SSSR count). The fourth-order valence-electron chi connectivity index (χ4n) is 4.47. The lowest BCUT2D eigenvalue weighted by Gasteiger charge is -2.23. The molecule has 1 aromatic carbocycles. The van der Waals surface area contributed by atoms with Crippen molar-refractivity contribution < 1.29 is 24.9 Å². The largest absolute Gasteiger partial charge is 0.463 e. The van der Waals surface area contributed by atoms with Gasteiger partial charge in [-0.05, 0) is 82.6 Å². The number of rotatable bonds is 13. The van der Waals surface area contributed by atoms with Gasteiger partial charge in [0.2, 0.25) is 0 Å². The Morgan fingerprint density at radius 2 is 1.81 bits per heavy atom. The van der Waals surface area contributed by atoms with Crippen molar-refractivity contribution in [2.24, 2.45) is 11.8 Å². The van der Waals surface area contributed by atoms with Crippen molar-refractivity contribution in [3.63, 3.8) is 0 Å². The maximum Gasteiger partial charge on any atom is 0.306 e. The second-order valence-electron chi connectivity index (χ2n) is 9.09. The topological polar surface area (TPSA) is 87.0 Å². The number of benzene rings is 1. The van der Waals surface area contributed by atoms with Gasteiger partial charge in [0.05, 0.1) is 24.4 Å². The first-order valence-electron chi connectivity index (χ1n) is 11.8.